The molecule has 0 radical (unpaired) electrons. The summed E-state index contributed by atoms with van der Waals surface area (Å²) in [7, 11) is 0. The molecule has 3 rings (SSSR count). The maximum Gasteiger partial charge on any atom is 0.271 e. The van der Waals surface area contributed by atoms with Gasteiger partial charge in [0, 0.05) is 17.8 Å². The van der Waals surface area contributed by atoms with Crippen molar-refractivity contribution < 1.29 is 14.3 Å². The van der Waals surface area contributed by atoms with E-state index in [0.717, 1.165) is 0 Å². The van der Waals surface area contributed by atoms with E-state index in [1.54, 1.807) is 18.2 Å². The fourth-order valence-electron chi connectivity index (χ4n) is 2.06. The maximum atomic E-state index is 12.2. The van der Waals surface area contributed by atoms with Crippen molar-refractivity contribution in [3.63, 3.8) is 0 Å². The topological polar surface area (TPSA) is 97.1 Å². The lowest BCUT2D eigenvalue weighted by Crippen LogP contribution is -2.61. The van der Waals surface area contributed by atoms with Gasteiger partial charge in [0.1, 0.15) is 16.9 Å². The molecule has 1 saturated heterocycles. The molecule has 3 heterocycles. The average Bonchev–Trinajstić information content (AvgIpc) is 2.57. The molecule has 128 valence electrons. The number of nitrogens with one attached hydrogen (secondary N) is 1. The molecule has 1 N–H and O–H groups in total. The van der Waals surface area contributed by atoms with E-state index in [4.69, 9.17) is 26.3 Å². The van der Waals surface area contributed by atoms with Gasteiger partial charge >= 0.3 is 0 Å². The second kappa shape index (κ2) is 7.35. The summed E-state index contributed by atoms with van der Waals surface area (Å²) in [5.74, 6) is -0.0407. The molecule has 0 saturated carbocycles. The Kier molecular flexibility index (Phi) is 5.18. The third-order valence-corrected chi connectivity index (χ3v) is 4.28. The van der Waals surface area contributed by atoms with Crippen LogP contribution in [-0.4, -0.2) is 34.6 Å². The van der Waals surface area contributed by atoms with Gasteiger partial charge in [0.25, 0.3) is 5.91 Å². The molecule has 0 atom stereocenters. The number of halogens is 2. The third kappa shape index (κ3) is 4.07. The minimum Gasteiger partial charge on any atom is -0.473 e. The van der Waals surface area contributed by atoms with Gasteiger partial charge in [-0.2, -0.15) is 5.26 Å². The Morgan fingerprint density at radius 3 is 2.92 bits per heavy atom. The molecule has 1 amide bonds. The standard InChI is InChI=1S/C16H12BrClN4O3/c17-13-2-1-3-14(21-13)25-6-10-5-20-12(4-11(10)18)15(23)22-16(7-19)8-24-9-16/h1-5H,6,8-9H2,(H,22,23). The number of carbonyl (C=O) groups is 1. The highest BCUT2D eigenvalue weighted by molar-refractivity contribution is 9.10. The molecule has 25 heavy (non-hydrogen) atoms. The summed E-state index contributed by atoms with van der Waals surface area (Å²) >= 11 is 9.47. The van der Waals surface area contributed by atoms with E-state index in [1.807, 2.05) is 6.07 Å². The number of aromatic nitrogens is 2. The van der Waals surface area contributed by atoms with Crippen molar-refractivity contribution in [1.82, 2.24) is 15.3 Å². The molecule has 0 unspecified atom stereocenters. The Bertz CT molecular complexity index is 852. The lowest BCUT2D eigenvalue weighted by atomic mass is 9.99. The van der Waals surface area contributed by atoms with Gasteiger partial charge in [0.15, 0.2) is 5.54 Å². The number of nitriles is 1. The molecule has 0 bridgehead atoms. The molecule has 2 aromatic rings. The lowest BCUT2D eigenvalue weighted by Gasteiger charge is -2.35. The first-order valence-corrected chi connectivity index (χ1v) is 8.40. The number of carbonyl (C=O) groups excluding carboxylic acids is 1. The summed E-state index contributed by atoms with van der Waals surface area (Å²) in [4.78, 5) is 20.5. The smallest absolute Gasteiger partial charge is 0.271 e. The van der Waals surface area contributed by atoms with Crippen molar-refractivity contribution in [2.75, 3.05) is 13.2 Å². The van der Waals surface area contributed by atoms with Crippen molar-refractivity contribution in [2.45, 2.75) is 12.1 Å². The number of amides is 1. The SMILES string of the molecule is N#CC1(NC(=O)c2cc(Cl)c(COc3cccc(Br)n3)cn2)COC1. The largest absolute Gasteiger partial charge is 0.473 e. The predicted octanol–water partition coefficient (Wildman–Crippen LogP) is 2.49. The Hall–Kier alpha value is -2.21. The van der Waals surface area contributed by atoms with Crippen LogP contribution < -0.4 is 10.1 Å². The number of rotatable bonds is 5. The van der Waals surface area contributed by atoms with Crippen molar-refractivity contribution in [3.05, 3.63) is 51.3 Å². The van der Waals surface area contributed by atoms with Crippen LogP contribution in [0.1, 0.15) is 16.1 Å². The van der Waals surface area contributed by atoms with Crippen LogP contribution in [0.2, 0.25) is 5.02 Å². The summed E-state index contributed by atoms with van der Waals surface area (Å²) in [6.45, 7) is 0.482. The van der Waals surface area contributed by atoms with Crippen LogP contribution in [-0.2, 0) is 11.3 Å². The molecular formula is C16H12BrClN4O3. The van der Waals surface area contributed by atoms with Gasteiger partial charge in [-0.25, -0.2) is 4.98 Å². The summed E-state index contributed by atoms with van der Waals surface area (Å²) in [5.41, 5.74) is -0.253. The highest BCUT2D eigenvalue weighted by Crippen LogP contribution is 2.21. The normalized spacial score (nSPS) is 14.9. The molecule has 2 aromatic heterocycles. The van der Waals surface area contributed by atoms with Crippen LogP contribution in [0, 0.1) is 11.3 Å². The molecule has 0 aromatic carbocycles. The average molecular weight is 424 g/mol. The number of nitrogens with zero attached hydrogens (tertiary/aromatic N) is 3. The van der Waals surface area contributed by atoms with E-state index >= 15 is 0 Å². The van der Waals surface area contributed by atoms with Gasteiger partial charge in [-0.3, -0.25) is 9.78 Å². The summed E-state index contributed by atoms with van der Waals surface area (Å²) < 4.78 is 11.2. The van der Waals surface area contributed by atoms with Crippen LogP contribution in [0.3, 0.4) is 0 Å². The molecule has 0 aliphatic carbocycles. The zero-order valence-electron chi connectivity index (χ0n) is 12.8. The quantitative estimate of drug-likeness (QED) is 0.742. The van der Waals surface area contributed by atoms with Crippen LogP contribution in [0.5, 0.6) is 5.88 Å². The third-order valence-electron chi connectivity index (χ3n) is 3.49. The molecule has 0 spiro atoms. The molecule has 9 heteroatoms. The van der Waals surface area contributed by atoms with Gasteiger partial charge in [-0.15, -0.1) is 0 Å². The number of pyridine rings is 2. The zero-order chi connectivity index (χ0) is 17.9. The van der Waals surface area contributed by atoms with Gasteiger partial charge in [0.2, 0.25) is 5.88 Å². The van der Waals surface area contributed by atoms with Gasteiger partial charge < -0.3 is 14.8 Å². The van der Waals surface area contributed by atoms with E-state index < -0.39 is 11.4 Å². The first kappa shape index (κ1) is 17.6. The second-order valence-corrected chi connectivity index (χ2v) is 6.61. The minimum atomic E-state index is -0.987. The predicted molar refractivity (Wildman–Crippen MR) is 92.1 cm³/mol. The highest BCUT2D eigenvalue weighted by atomic mass is 79.9. The van der Waals surface area contributed by atoms with E-state index in [-0.39, 0.29) is 25.5 Å². The fourth-order valence-corrected chi connectivity index (χ4v) is 2.60. The van der Waals surface area contributed by atoms with Crippen molar-refractivity contribution in [2.24, 2.45) is 0 Å². The summed E-state index contributed by atoms with van der Waals surface area (Å²) in [6.07, 6.45) is 1.46. The second-order valence-electron chi connectivity index (χ2n) is 5.39. The Balaban J connectivity index is 1.66. The van der Waals surface area contributed by atoms with E-state index in [1.165, 1.54) is 12.3 Å². The first-order chi connectivity index (χ1) is 12.0. The van der Waals surface area contributed by atoms with Gasteiger partial charge in [-0.05, 0) is 28.1 Å². The van der Waals surface area contributed by atoms with E-state index in [2.05, 4.69) is 31.2 Å². The Morgan fingerprint density at radius 1 is 1.52 bits per heavy atom. The first-order valence-electron chi connectivity index (χ1n) is 7.23. The fraction of sp³-hybridized carbons (Fsp3) is 0.250. The number of hydrogen-bond donors (Lipinski definition) is 1. The molecule has 1 fully saturated rings. The van der Waals surface area contributed by atoms with Crippen molar-refractivity contribution in [1.29, 1.82) is 5.26 Å². The monoisotopic (exact) mass is 422 g/mol. The summed E-state index contributed by atoms with van der Waals surface area (Å²) in [5, 5.41) is 12.1. The number of hydrogen-bond acceptors (Lipinski definition) is 6. The lowest BCUT2D eigenvalue weighted by molar-refractivity contribution is -0.0398. The van der Waals surface area contributed by atoms with Crippen molar-refractivity contribution >= 4 is 33.4 Å². The van der Waals surface area contributed by atoms with Crippen LogP contribution in [0.15, 0.2) is 35.1 Å². The molecule has 7 nitrogen and oxygen atoms in total. The number of ether oxygens (including phenoxy) is 2. The van der Waals surface area contributed by atoms with Crippen LogP contribution in [0.4, 0.5) is 0 Å². The minimum absolute atomic E-state index is 0.121. The Morgan fingerprint density at radius 2 is 2.32 bits per heavy atom. The van der Waals surface area contributed by atoms with Crippen molar-refractivity contribution in [3.8, 4) is 11.9 Å². The summed E-state index contributed by atoms with van der Waals surface area (Å²) in [6, 6.07) is 8.78. The van der Waals surface area contributed by atoms with Gasteiger partial charge in [-0.1, -0.05) is 17.7 Å². The maximum absolute atomic E-state index is 12.2. The van der Waals surface area contributed by atoms with Crippen LogP contribution in [0.25, 0.3) is 0 Å². The molecule has 1 aliphatic heterocycles. The van der Waals surface area contributed by atoms with E-state index in [0.29, 0.717) is 21.1 Å². The van der Waals surface area contributed by atoms with Gasteiger partial charge in [0.05, 0.1) is 24.3 Å². The highest BCUT2D eigenvalue weighted by Gasteiger charge is 2.40. The van der Waals surface area contributed by atoms with Crippen LogP contribution >= 0.6 is 27.5 Å². The molecular weight excluding hydrogens is 412 g/mol. The van der Waals surface area contributed by atoms with E-state index in [9.17, 15) is 4.79 Å². The Labute approximate surface area is 157 Å². The molecule has 1 aliphatic rings. The zero-order valence-corrected chi connectivity index (χ0v) is 15.2.